The van der Waals surface area contributed by atoms with E-state index in [1.807, 2.05) is 32.0 Å². The molecule has 6 N–H and O–H groups in total. The normalized spacial score (nSPS) is 11.6. The number of phosphoric acid groups is 1. The summed E-state index contributed by atoms with van der Waals surface area (Å²) in [7, 11) is -7.54. The molecule has 10 nitrogen and oxygen atoms in total. The van der Waals surface area contributed by atoms with Gasteiger partial charge in [-0.2, -0.15) is 0 Å². The Bertz CT molecular complexity index is 678. The molecule has 0 fully saturated rings. The van der Waals surface area contributed by atoms with Crippen LogP contribution in [0.2, 0.25) is 0 Å². The van der Waals surface area contributed by atoms with Gasteiger partial charge in [-0.3, -0.25) is 4.52 Å². The van der Waals surface area contributed by atoms with Crippen molar-refractivity contribution >= 4 is 29.2 Å². The lowest BCUT2D eigenvalue weighted by Gasteiger charge is -2.23. The van der Waals surface area contributed by atoms with Gasteiger partial charge in [0.05, 0.1) is 6.26 Å². The van der Waals surface area contributed by atoms with Crippen LogP contribution in [0.25, 0.3) is 0 Å². The summed E-state index contributed by atoms with van der Waals surface area (Å²) in [5.41, 5.74) is 8.63. The number of phosphoric ester groups is 1. The van der Waals surface area contributed by atoms with Crippen LogP contribution in [0.15, 0.2) is 18.2 Å². The first-order valence-corrected chi connectivity index (χ1v) is 10.7. The molecule has 25 heavy (non-hydrogen) atoms. The van der Waals surface area contributed by atoms with Gasteiger partial charge >= 0.3 is 7.82 Å². The third kappa shape index (κ3) is 11.9. The third-order valence-electron chi connectivity index (χ3n) is 2.97. The molecule has 0 spiro atoms. The van der Waals surface area contributed by atoms with Crippen LogP contribution in [-0.2, 0) is 19.1 Å². The second kappa shape index (κ2) is 10.7. The quantitative estimate of drug-likeness (QED) is 0.230. The Morgan fingerprint density at radius 3 is 2.32 bits per heavy atom. The molecular weight excluding hydrogens is 373 g/mol. The zero-order valence-corrected chi connectivity index (χ0v) is 16.1. The molecule has 146 valence electrons. The van der Waals surface area contributed by atoms with Crippen LogP contribution in [0.4, 0.5) is 11.4 Å². The Balaban J connectivity index is 0.000000697. The molecule has 1 rings (SSSR count). The number of aryl methyl sites for hydroxylation is 1. The Hall–Kier alpha value is -1.20. The molecule has 12 heteroatoms. The molecule has 0 heterocycles. The number of hydrogen-bond acceptors (Lipinski definition) is 7. The maximum absolute atomic E-state index is 11.0. The monoisotopic (exact) mass is 399 g/mol. The smallest absolute Gasteiger partial charge is 0.399 e. The molecule has 0 aromatic heterocycles. The minimum Gasteiger partial charge on any atom is -0.399 e. The van der Waals surface area contributed by atoms with E-state index in [2.05, 4.69) is 14.1 Å². The number of sulfonamides is 1. The Kier molecular flexibility index (Phi) is 10.2. The van der Waals surface area contributed by atoms with E-state index in [0.717, 1.165) is 29.7 Å². The highest BCUT2D eigenvalue weighted by atomic mass is 32.2. The van der Waals surface area contributed by atoms with Gasteiger partial charge < -0.3 is 25.5 Å². The number of rotatable bonds is 8. The van der Waals surface area contributed by atoms with Gasteiger partial charge in [0.2, 0.25) is 10.0 Å². The Morgan fingerprint density at radius 1 is 1.36 bits per heavy atom. The van der Waals surface area contributed by atoms with Crippen molar-refractivity contribution in [3.8, 4) is 0 Å². The highest BCUT2D eigenvalue weighted by molar-refractivity contribution is 7.88. The van der Waals surface area contributed by atoms with E-state index in [1.165, 1.54) is 0 Å². The first kappa shape index (κ1) is 23.8. The van der Waals surface area contributed by atoms with Crippen LogP contribution in [-0.4, -0.2) is 56.0 Å². The molecule has 1 aromatic rings. The van der Waals surface area contributed by atoms with Crippen molar-refractivity contribution in [2.75, 3.05) is 43.3 Å². The number of likely N-dealkylation sites (N-methyl/N-ethyl adjacent to an activating group) is 1. The summed E-state index contributed by atoms with van der Waals surface area (Å²) in [5, 5.41) is 7.69. The lowest BCUT2D eigenvalue weighted by atomic mass is 10.1. The minimum absolute atomic E-state index is 0.399. The van der Waals surface area contributed by atoms with Crippen LogP contribution in [0.3, 0.4) is 0 Å². The van der Waals surface area contributed by atoms with E-state index in [-0.39, 0.29) is 0 Å². The van der Waals surface area contributed by atoms with Crippen molar-refractivity contribution in [3.63, 3.8) is 0 Å². The van der Waals surface area contributed by atoms with Crippen molar-refractivity contribution < 1.29 is 32.4 Å². The molecule has 0 aliphatic rings. The summed E-state index contributed by atoms with van der Waals surface area (Å²) in [5.74, 6) is 0. The predicted molar refractivity (Wildman–Crippen MR) is 96.5 cm³/mol. The van der Waals surface area contributed by atoms with Gasteiger partial charge in [-0.25, -0.2) is 17.7 Å². The van der Waals surface area contributed by atoms with Crippen molar-refractivity contribution in [2.45, 2.75) is 13.8 Å². The van der Waals surface area contributed by atoms with Gasteiger partial charge in [0, 0.05) is 31.0 Å². The molecule has 1 aromatic carbocycles. The summed E-state index contributed by atoms with van der Waals surface area (Å²) < 4.78 is 37.5. The lowest BCUT2D eigenvalue weighted by Crippen LogP contribution is -2.34. The number of nitrogens with zero attached hydrogens (tertiary/aromatic N) is 1. The summed E-state index contributed by atoms with van der Waals surface area (Å²) in [6.45, 7) is 4.88. The third-order valence-corrected chi connectivity index (χ3v) is 4.15. The van der Waals surface area contributed by atoms with Gasteiger partial charge in [0.1, 0.15) is 0 Å². The highest BCUT2D eigenvalue weighted by Crippen LogP contribution is 2.34. The van der Waals surface area contributed by atoms with E-state index in [1.54, 1.807) is 0 Å². The molecule has 0 aliphatic heterocycles. The average Bonchev–Trinajstić information content (AvgIpc) is 2.45. The maximum Gasteiger partial charge on any atom is 0.471 e. The van der Waals surface area contributed by atoms with Crippen LogP contribution in [0.1, 0.15) is 12.5 Å². The van der Waals surface area contributed by atoms with Crippen molar-refractivity contribution in [3.05, 3.63) is 23.8 Å². The van der Waals surface area contributed by atoms with Crippen LogP contribution in [0, 0.1) is 6.92 Å². The summed E-state index contributed by atoms with van der Waals surface area (Å²) in [4.78, 5) is 17.6. The fraction of sp³-hybridized carbons (Fsp3) is 0.538. The van der Waals surface area contributed by atoms with Crippen molar-refractivity contribution in [2.24, 2.45) is 0 Å². The maximum atomic E-state index is 11.0. The topological polar surface area (TPSA) is 162 Å². The van der Waals surface area contributed by atoms with Gasteiger partial charge in [-0.05, 0) is 37.6 Å². The van der Waals surface area contributed by atoms with E-state index >= 15 is 0 Å². The predicted octanol–water partition coefficient (Wildman–Crippen LogP) is -0.00178. The zero-order valence-electron chi connectivity index (χ0n) is 14.4. The number of aliphatic hydroxyl groups excluding tert-OH is 1. The first-order valence-electron chi connectivity index (χ1n) is 7.26. The molecule has 0 saturated heterocycles. The highest BCUT2D eigenvalue weighted by Gasteiger charge is 2.11. The van der Waals surface area contributed by atoms with Gasteiger partial charge in [0.25, 0.3) is 0 Å². The second-order valence-electron chi connectivity index (χ2n) is 5.04. The number of aliphatic hydroxyl groups is 1. The van der Waals surface area contributed by atoms with Gasteiger partial charge in [-0.15, -0.1) is 0 Å². The fourth-order valence-electron chi connectivity index (χ4n) is 1.77. The van der Waals surface area contributed by atoms with Gasteiger partial charge in [-0.1, -0.05) is 0 Å². The van der Waals surface area contributed by atoms with Crippen molar-refractivity contribution in [1.29, 1.82) is 0 Å². The van der Waals surface area contributed by atoms with E-state index < -0.39 is 24.6 Å². The summed E-state index contributed by atoms with van der Waals surface area (Å²) in [6, 6.07) is 5.84. The van der Waals surface area contributed by atoms with Crippen LogP contribution in [0.5, 0.6) is 0 Å². The van der Waals surface area contributed by atoms with E-state index in [4.69, 9.17) is 20.6 Å². The van der Waals surface area contributed by atoms with Gasteiger partial charge in [0.15, 0.2) is 6.79 Å². The molecule has 0 amide bonds. The molecule has 0 aliphatic carbocycles. The summed E-state index contributed by atoms with van der Waals surface area (Å²) in [6.07, 6.45) is 1.16. The summed E-state index contributed by atoms with van der Waals surface area (Å²) >= 11 is 0. The average molecular weight is 399 g/mol. The number of nitrogens with one attached hydrogen (secondary N) is 1. The zero-order chi connectivity index (χ0) is 19.7. The van der Waals surface area contributed by atoms with Crippen LogP contribution >= 0.6 is 7.82 Å². The Labute approximate surface area is 147 Å². The largest absolute Gasteiger partial charge is 0.471 e. The number of nitrogens with two attached hydrogens (primary N) is 1. The SMILES string of the molecule is CCN(CCNS(C)(=O)=O)c1ccc(N)c(C)c1.O=P(O)(O)OCO. The molecule has 0 atom stereocenters. The molecular formula is C13H26N3O7PS. The number of anilines is 2. The Morgan fingerprint density at radius 2 is 1.96 bits per heavy atom. The molecule has 0 radical (unpaired) electrons. The second-order valence-corrected chi connectivity index (χ2v) is 8.11. The lowest BCUT2D eigenvalue weighted by molar-refractivity contribution is 0.0659. The number of benzene rings is 1. The molecule has 0 bridgehead atoms. The van der Waals surface area contributed by atoms with Crippen LogP contribution < -0.4 is 15.4 Å². The first-order chi connectivity index (χ1) is 11.4. The minimum atomic E-state index is -4.42. The molecule has 0 saturated carbocycles. The number of nitrogen functional groups attached to an aromatic ring is 1. The van der Waals surface area contributed by atoms with E-state index in [9.17, 15) is 13.0 Å². The standard InChI is InChI=1S/C12H21N3O2S.CH5O5P/c1-4-15(8-7-14-18(3,16)17)11-5-6-12(13)10(2)9-11;2-1-6-7(3,4)5/h5-6,9,14H,4,7-8,13H2,1-3H3;2H,1H2,(H2,3,4,5). The fourth-order valence-corrected chi connectivity index (χ4v) is 2.38. The molecule has 0 unspecified atom stereocenters. The van der Waals surface area contributed by atoms with Crippen molar-refractivity contribution in [1.82, 2.24) is 4.72 Å². The number of hydrogen-bond donors (Lipinski definition) is 5. The van der Waals surface area contributed by atoms with E-state index in [0.29, 0.717) is 13.1 Å².